The molecule has 1 aromatic heterocycles. The first-order chi connectivity index (χ1) is 12.7. The Morgan fingerprint density at radius 3 is 2.65 bits per heavy atom. The normalized spacial score (nSPS) is 13.9. The molecule has 1 fully saturated rings. The fourth-order valence-electron chi connectivity index (χ4n) is 3.21. The van der Waals surface area contributed by atoms with Gasteiger partial charge in [0, 0.05) is 24.2 Å². The van der Waals surface area contributed by atoms with Gasteiger partial charge in [-0.25, -0.2) is 4.68 Å². The summed E-state index contributed by atoms with van der Waals surface area (Å²) in [5, 5.41) is 12.7. The zero-order chi connectivity index (χ0) is 17.9. The quantitative estimate of drug-likeness (QED) is 0.784. The maximum absolute atomic E-state index is 12.5. The van der Waals surface area contributed by atoms with Crippen LogP contribution in [0.1, 0.15) is 23.3 Å². The molecule has 2 aromatic carbocycles. The Hall–Kier alpha value is -3.22. The van der Waals surface area contributed by atoms with E-state index >= 15 is 0 Å². The molecule has 3 aromatic rings. The number of hydrogen-bond acceptors (Lipinski definition) is 4. The van der Waals surface area contributed by atoms with Crippen LogP contribution in [0.25, 0.3) is 10.8 Å². The van der Waals surface area contributed by atoms with Crippen molar-refractivity contribution in [2.24, 2.45) is 0 Å². The number of likely N-dealkylation sites (tertiary alicyclic amines) is 1. The van der Waals surface area contributed by atoms with E-state index in [1.165, 1.54) is 10.9 Å². The van der Waals surface area contributed by atoms with E-state index in [1.54, 1.807) is 0 Å². The number of anilines is 1. The Kier molecular flexibility index (Phi) is 4.35. The third-order valence-corrected chi connectivity index (χ3v) is 4.57. The number of benzene rings is 2. The van der Waals surface area contributed by atoms with Crippen LogP contribution in [0.4, 0.5) is 5.69 Å². The molecule has 132 valence electrons. The van der Waals surface area contributed by atoms with Gasteiger partial charge in [-0.3, -0.25) is 9.59 Å². The van der Waals surface area contributed by atoms with Crippen LogP contribution in [0.3, 0.4) is 0 Å². The fraction of sp³-hybridized carbons (Fsp3) is 0.263. The molecule has 4 rings (SSSR count). The summed E-state index contributed by atoms with van der Waals surface area (Å²) in [4.78, 5) is 26.5. The smallest absolute Gasteiger partial charge is 0.277 e. The number of nitrogens with zero attached hydrogens (tertiary/aromatic N) is 4. The van der Waals surface area contributed by atoms with Gasteiger partial charge < -0.3 is 10.2 Å². The molecule has 1 saturated heterocycles. The molecule has 0 spiro atoms. The number of hydrogen-bond donors (Lipinski definition) is 1. The van der Waals surface area contributed by atoms with Gasteiger partial charge in [-0.1, -0.05) is 41.6 Å². The van der Waals surface area contributed by atoms with E-state index in [4.69, 9.17) is 0 Å². The first kappa shape index (κ1) is 16.3. The molecule has 1 aliphatic rings. The third-order valence-electron chi connectivity index (χ3n) is 4.57. The van der Waals surface area contributed by atoms with Gasteiger partial charge >= 0.3 is 0 Å². The van der Waals surface area contributed by atoms with Crippen molar-refractivity contribution >= 4 is 28.3 Å². The highest BCUT2D eigenvalue weighted by Crippen LogP contribution is 2.23. The highest BCUT2D eigenvalue weighted by molar-refractivity contribution is 6.08. The molecule has 7 heteroatoms. The van der Waals surface area contributed by atoms with Crippen molar-refractivity contribution in [2.45, 2.75) is 19.4 Å². The van der Waals surface area contributed by atoms with Gasteiger partial charge in [0.1, 0.15) is 6.54 Å². The summed E-state index contributed by atoms with van der Waals surface area (Å²) in [6, 6.07) is 13.6. The van der Waals surface area contributed by atoms with E-state index in [2.05, 4.69) is 15.6 Å². The van der Waals surface area contributed by atoms with Crippen LogP contribution in [0, 0.1) is 0 Å². The SMILES string of the molecule is O=C(Nc1cccc2ccccc12)c1cn(CC(=O)N2CCCC2)nn1. The zero-order valence-electron chi connectivity index (χ0n) is 14.3. The van der Waals surface area contributed by atoms with Crippen LogP contribution in [0.5, 0.6) is 0 Å². The molecule has 0 bridgehead atoms. The van der Waals surface area contributed by atoms with Gasteiger partial charge in [0.05, 0.1) is 6.20 Å². The summed E-state index contributed by atoms with van der Waals surface area (Å²) in [6.07, 6.45) is 3.60. The minimum atomic E-state index is -0.346. The van der Waals surface area contributed by atoms with E-state index in [1.807, 2.05) is 47.4 Å². The second-order valence-corrected chi connectivity index (χ2v) is 6.37. The molecule has 0 atom stereocenters. The Morgan fingerprint density at radius 2 is 1.81 bits per heavy atom. The maximum atomic E-state index is 12.5. The molecule has 7 nitrogen and oxygen atoms in total. The Morgan fingerprint density at radius 1 is 1.04 bits per heavy atom. The lowest BCUT2D eigenvalue weighted by atomic mass is 10.1. The third kappa shape index (κ3) is 3.28. The van der Waals surface area contributed by atoms with Crippen molar-refractivity contribution in [3.8, 4) is 0 Å². The summed E-state index contributed by atoms with van der Waals surface area (Å²) in [6.45, 7) is 1.69. The van der Waals surface area contributed by atoms with Crippen LogP contribution in [0.15, 0.2) is 48.7 Å². The second-order valence-electron chi connectivity index (χ2n) is 6.37. The van der Waals surface area contributed by atoms with Gasteiger partial charge in [-0.05, 0) is 24.3 Å². The number of carbonyl (C=O) groups excluding carboxylic acids is 2. The topological polar surface area (TPSA) is 80.1 Å². The monoisotopic (exact) mass is 349 g/mol. The van der Waals surface area contributed by atoms with Gasteiger partial charge in [0.15, 0.2) is 5.69 Å². The van der Waals surface area contributed by atoms with Crippen LogP contribution in [-0.2, 0) is 11.3 Å². The van der Waals surface area contributed by atoms with E-state index in [9.17, 15) is 9.59 Å². The number of rotatable bonds is 4. The van der Waals surface area contributed by atoms with E-state index in [0.29, 0.717) is 0 Å². The lowest BCUT2D eigenvalue weighted by Gasteiger charge is -2.14. The molecule has 2 amide bonds. The Labute approximate surface area is 150 Å². The van der Waals surface area contributed by atoms with E-state index in [0.717, 1.165) is 42.4 Å². The van der Waals surface area contributed by atoms with Crippen LogP contribution < -0.4 is 5.32 Å². The number of carbonyl (C=O) groups is 2. The Bertz CT molecular complexity index is 954. The Balaban J connectivity index is 1.47. The van der Waals surface area contributed by atoms with Crippen molar-refractivity contribution in [1.29, 1.82) is 0 Å². The maximum Gasteiger partial charge on any atom is 0.277 e. The standard InChI is InChI=1S/C19H19N5O2/c25-18(23-10-3-4-11-23)13-24-12-17(21-22-24)19(26)20-16-9-5-7-14-6-1-2-8-15(14)16/h1-2,5-9,12H,3-4,10-11,13H2,(H,20,26). The van der Waals surface area contributed by atoms with Gasteiger partial charge in [-0.2, -0.15) is 0 Å². The molecule has 0 radical (unpaired) electrons. The largest absolute Gasteiger partial charge is 0.341 e. The zero-order valence-corrected chi connectivity index (χ0v) is 14.3. The highest BCUT2D eigenvalue weighted by Gasteiger charge is 2.19. The highest BCUT2D eigenvalue weighted by atomic mass is 16.2. The van der Waals surface area contributed by atoms with Crippen LogP contribution >= 0.6 is 0 Å². The molecular formula is C19H19N5O2. The summed E-state index contributed by atoms with van der Waals surface area (Å²) < 4.78 is 1.42. The van der Waals surface area contributed by atoms with Crippen molar-refractivity contribution in [2.75, 3.05) is 18.4 Å². The second kappa shape index (κ2) is 6.95. The lowest BCUT2D eigenvalue weighted by molar-refractivity contribution is -0.130. The fourth-order valence-corrected chi connectivity index (χ4v) is 3.21. The minimum absolute atomic E-state index is 0.00779. The average molecular weight is 349 g/mol. The molecule has 0 saturated carbocycles. The lowest BCUT2D eigenvalue weighted by Crippen LogP contribution is -2.31. The number of aromatic nitrogens is 3. The van der Waals surface area contributed by atoms with Crippen LogP contribution in [0.2, 0.25) is 0 Å². The van der Waals surface area contributed by atoms with Gasteiger partial charge in [0.25, 0.3) is 5.91 Å². The molecule has 2 heterocycles. The average Bonchev–Trinajstić information content (AvgIpc) is 3.34. The molecular weight excluding hydrogens is 330 g/mol. The molecule has 26 heavy (non-hydrogen) atoms. The number of amides is 2. The summed E-state index contributed by atoms with van der Waals surface area (Å²) in [7, 11) is 0. The van der Waals surface area contributed by atoms with Gasteiger partial charge in [-0.15, -0.1) is 5.10 Å². The molecule has 1 N–H and O–H groups in total. The van der Waals surface area contributed by atoms with Crippen molar-refractivity contribution in [3.63, 3.8) is 0 Å². The van der Waals surface area contributed by atoms with E-state index < -0.39 is 0 Å². The van der Waals surface area contributed by atoms with Crippen LogP contribution in [-0.4, -0.2) is 44.8 Å². The van der Waals surface area contributed by atoms with Crippen molar-refractivity contribution < 1.29 is 9.59 Å². The number of nitrogens with one attached hydrogen (secondary N) is 1. The number of fused-ring (bicyclic) bond motifs is 1. The first-order valence-electron chi connectivity index (χ1n) is 8.68. The molecule has 1 aliphatic heterocycles. The van der Waals surface area contributed by atoms with E-state index in [-0.39, 0.29) is 24.1 Å². The predicted molar refractivity (Wildman–Crippen MR) is 97.7 cm³/mol. The summed E-state index contributed by atoms with van der Waals surface area (Å²) in [5.41, 5.74) is 0.906. The van der Waals surface area contributed by atoms with Crippen molar-refractivity contribution in [1.82, 2.24) is 19.9 Å². The molecule has 0 aliphatic carbocycles. The molecule has 0 unspecified atom stereocenters. The van der Waals surface area contributed by atoms with Gasteiger partial charge in [0.2, 0.25) is 5.91 Å². The summed E-state index contributed by atoms with van der Waals surface area (Å²) in [5.74, 6) is -0.338. The summed E-state index contributed by atoms with van der Waals surface area (Å²) >= 11 is 0. The van der Waals surface area contributed by atoms with Crippen molar-refractivity contribution in [3.05, 3.63) is 54.4 Å². The first-order valence-corrected chi connectivity index (χ1v) is 8.68. The minimum Gasteiger partial charge on any atom is -0.341 e. The predicted octanol–water partition coefficient (Wildman–Crippen LogP) is 2.31.